The van der Waals surface area contributed by atoms with Gasteiger partial charge in [-0.1, -0.05) is 20.8 Å². The van der Waals surface area contributed by atoms with Gasteiger partial charge in [-0.05, 0) is 6.42 Å². The number of nitriles is 1. The van der Waals surface area contributed by atoms with E-state index in [1.165, 1.54) is 0 Å². The van der Waals surface area contributed by atoms with Gasteiger partial charge in [0.25, 0.3) is 0 Å². The van der Waals surface area contributed by atoms with E-state index in [1.54, 1.807) is 4.68 Å². The first-order chi connectivity index (χ1) is 8.80. The van der Waals surface area contributed by atoms with Gasteiger partial charge in [-0.2, -0.15) is 10.4 Å². The van der Waals surface area contributed by atoms with E-state index >= 15 is 0 Å². The highest BCUT2D eigenvalue weighted by molar-refractivity contribution is 5.30. The molecular weight excluding hydrogens is 242 g/mol. The molecule has 0 aromatic carbocycles. The molecule has 0 spiro atoms. The molecule has 5 heteroatoms. The largest absolute Gasteiger partial charge is 0.387 e. The molecule has 0 saturated carbocycles. The lowest BCUT2D eigenvalue weighted by Gasteiger charge is -2.27. The van der Waals surface area contributed by atoms with Gasteiger partial charge in [-0.15, -0.1) is 0 Å². The molecule has 104 valence electrons. The van der Waals surface area contributed by atoms with Crippen LogP contribution in [-0.2, 0) is 17.2 Å². The first-order valence-corrected chi connectivity index (χ1v) is 6.51. The van der Waals surface area contributed by atoms with Crippen molar-refractivity contribution < 1.29 is 9.84 Å². The van der Waals surface area contributed by atoms with Crippen LogP contribution in [0, 0.1) is 16.7 Å². The number of ether oxygens (including phenoxy) is 1. The number of aromatic nitrogens is 2. The lowest BCUT2D eigenvalue weighted by molar-refractivity contribution is 0.0491. The van der Waals surface area contributed by atoms with E-state index in [2.05, 4.69) is 31.9 Å². The summed E-state index contributed by atoms with van der Waals surface area (Å²) in [6.07, 6.45) is 1.51. The molecule has 0 aliphatic carbocycles. The SMILES string of the molecule is Cn1cc(C(O)C2(C#N)CCOC2)c(C(C)(C)C)n1. The quantitative estimate of drug-likeness (QED) is 0.881. The van der Waals surface area contributed by atoms with Crippen LogP contribution in [0.1, 0.15) is 44.6 Å². The van der Waals surface area contributed by atoms with Gasteiger partial charge in [0.05, 0.1) is 18.4 Å². The van der Waals surface area contributed by atoms with Crippen molar-refractivity contribution in [3.63, 3.8) is 0 Å². The zero-order valence-corrected chi connectivity index (χ0v) is 12.0. The van der Waals surface area contributed by atoms with E-state index in [9.17, 15) is 10.4 Å². The number of rotatable bonds is 2. The molecule has 2 rings (SSSR count). The number of hydrogen-bond donors (Lipinski definition) is 1. The van der Waals surface area contributed by atoms with E-state index in [-0.39, 0.29) is 12.0 Å². The van der Waals surface area contributed by atoms with Crippen molar-refractivity contribution in [2.24, 2.45) is 12.5 Å². The van der Waals surface area contributed by atoms with Crippen LogP contribution < -0.4 is 0 Å². The number of aliphatic hydroxyl groups is 1. The first kappa shape index (κ1) is 14.0. The molecule has 2 atom stereocenters. The third-order valence-electron chi connectivity index (χ3n) is 3.66. The Bertz CT molecular complexity index is 502. The summed E-state index contributed by atoms with van der Waals surface area (Å²) >= 11 is 0. The second kappa shape index (κ2) is 4.62. The zero-order chi connectivity index (χ0) is 14.3. The first-order valence-electron chi connectivity index (χ1n) is 6.51. The van der Waals surface area contributed by atoms with Gasteiger partial charge in [-0.25, -0.2) is 0 Å². The van der Waals surface area contributed by atoms with Crippen LogP contribution in [0.5, 0.6) is 0 Å². The van der Waals surface area contributed by atoms with Gasteiger partial charge in [0.2, 0.25) is 0 Å². The standard InChI is InChI=1S/C14H21N3O2/c1-13(2,3)11-10(7-17(4)16-11)12(18)14(8-15)5-6-19-9-14/h7,12,18H,5-6,9H2,1-4H3. The smallest absolute Gasteiger partial charge is 0.113 e. The minimum Gasteiger partial charge on any atom is -0.387 e. The molecule has 1 saturated heterocycles. The lowest BCUT2D eigenvalue weighted by Crippen LogP contribution is -2.29. The highest BCUT2D eigenvalue weighted by atomic mass is 16.5. The maximum Gasteiger partial charge on any atom is 0.113 e. The highest BCUT2D eigenvalue weighted by Gasteiger charge is 2.45. The summed E-state index contributed by atoms with van der Waals surface area (Å²) in [5, 5.41) is 24.6. The Morgan fingerprint density at radius 1 is 1.58 bits per heavy atom. The van der Waals surface area contributed by atoms with Crippen LogP contribution in [0.4, 0.5) is 0 Å². The molecule has 2 heterocycles. The average Bonchev–Trinajstić information content (AvgIpc) is 2.94. The zero-order valence-electron chi connectivity index (χ0n) is 12.0. The third kappa shape index (κ3) is 2.38. The fourth-order valence-corrected chi connectivity index (χ4v) is 2.53. The number of nitrogens with zero attached hydrogens (tertiary/aromatic N) is 3. The Hall–Kier alpha value is -1.38. The Balaban J connectivity index is 2.45. The molecular formula is C14H21N3O2. The minimum atomic E-state index is -0.858. The molecule has 1 aliphatic rings. The van der Waals surface area contributed by atoms with Gasteiger partial charge >= 0.3 is 0 Å². The third-order valence-corrected chi connectivity index (χ3v) is 3.66. The van der Waals surface area contributed by atoms with E-state index in [0.29, 0.717) is 13.0 Å². The molecule has 0 radical (unpaired) electrons. The fraction of sp³-hybridized carbons (Fsp3) is 0.714. The van der Waals surface area contributed by atoms with Crippen LogP contribution in [0.25, 0.3) is 0 Å². The molecule has 0 amide bonds. The molecule has 2 unspecified atom stereocenters. The summed E-state index contributed by atoms with van der Waals surface area (Å²) in [4.78, 5) is 0. The van der Waals surface area contributed by atoms with Crippen molar-refractivity contribution in [3.05, 3.63) is 17.5 Å². The normalized spacial score (nSPS) is 25.3. The van der Waals surface area contributed by atoms with Crippen LogP contribution >= 0.6 is 0 Å². The Morgan fingerprint density at radius 2 is 2.26 bits per heavy atom. The predicted octanol–water partition coefficient (Wildman–Crippen LogP) is 1.68. The summed E-state index contributed by atoms with van der Waals surface area (Å²) in [5.41, 5.74) is 0.558. The second-order valence-electron chi connectivity index (χ2n) is 6.33. The molecule has 0 bridgehead atoms. The highest BCUT2D eigenvalue weighted by Crippen LogP contribution is 2.43. The number of aryl methyl sites for hydroxylation is 1. The molecule has 1 aromatic heterocycles. The van der Waals surface area contributed by atoms with Crippen LogP contribution in [0.2, 0.25) is 0 Å². The summed E-state index contributed by atoms with van der Waals surface area (Å²) in [6.45, 7) is 6.96. The van der Waals surface area contributed by atoms with Gasteiger partial charge < -0.3 is 9.84 Å². The molecule has 1 fully saturated rings. The molecule has 1 N–H and O–H groups in total. The maximum atomic E-state index is 10.7. The van der Waals surface area contributed by atoms with E-state index in [0.717, 1.165) is 11.3 Å². The molecule has 1 aliphatic heterocycles. The van der Waals surface area contributed by atoms with Gasteiger partial charge in [0.1, 0.15) is 11.5 Å². The van der Waals surface area contributed by atoms with Crippen molar-refractivity contribution >= 4 is 0 Å². The monoisotopic (exact) mass is 263 g/mol. The van der Waals surface area contributed by atoms with Crippen molar-refractivity contribution in [1.82, 2.24) is 9.78 Å². The van der Waals surface area contributed by atoms with Crippen molar-refractivity contribution in [2.75, 3.05) is 13.2 Å². The van der Waals surface area contributed by atoms with Gasteiger partial charge in [-0.3, -0.25) is 4.68 Å². The van der Waals surface area contributed by atoms with Gasteiger partial charge in [0, 0.05) is 30.8 Å². The molecule has 1 aromatic rings. The summed E-state index contributed by atoms with van der Waals surface area (Å²) in [6, 6.07) is 2.25. The summed E-state index contributed by atoms with van der Waals surface area (Å²) in [7, 11) is 1.83. The number of hydrogen-bond acceptors (Lipinski definition) is 4. The topological polar surface area (TPSA) is 71.1 Å². The Kier molecular flexibility index (Phi) is 3.41. The van der Waals surface area contributed by atoms with Crippen LogP contribution in [-0.4, -0.2) is 28.1 Å². The molecule has 5 nitrogen and oxygen atoms in total. The van der Waals surface area contributed by atoms with E-state index in [1.807, 2.05) is 13.2 Å². The average molecular weight is 263 g/mol. The van der Waals surface area contributed by atoms with E-state index < -0.39 is 11.5 Å². The second-order valence-corrected chi connectivity index (χ2v) is 6.33. The fourth-order valence-electron chi connectivity index (χ4n) is 2.53. The maximum absolute atomic E-state index is 10.7. The van der Waals surface area contributed by atoms with Crippen molar-refractivity contribution in [1.29, 1.82) is 5.26 Å². The lowest BCUT2D eigenvalue weighted by atomic mass is 9.77. The van der Waals surface area contributed by atoms with E-state index in [4.69, 9.17) is 4.74 Å². The summed E-state index contributed by atoms with van der Waals surface area (Å²) < 4.78 is 7.01. The predicted molar refractivity (Wildman–Crippen MR) is 70.3 cm³/mol. The minimum absolute atomic E-state index is 0.173. The van der Waals surface area contributed by atoms with Crippen molar-refractivity contribution in [3.8, 4) is 6.07 Å². The number of aliphatic hydroxyl groups excluding tert-OH is 1. The Morgan fingerprint density at radius 3 is 2.74 bits per heavy atom. The Labute approximate surface area is 113 Å². The van der Waals surface area contributed by atoms with Gasteiger partial charge in [0.15, 0.2) is 0 Å². The van der Waals surface area contributed by atoms with Crippen LogP contribution in [0.15, 0.2) is 6.20 Å². The molecule has 19 heavy (non-hydrogen) atoms. The van der Waals surface area contributed by atoms with Crippen LogP contribution in [0.3, 0.4) is 0 Å². The summed E-state index contributed by atoms with van der Waals surface area (Å²) in [5.74, 6) is 0. The van der Waals surface area contributed by atoms with Crippen molar-refractivity contribution in [2.45, 2.75) is 38.7 Å².